The Labute approximate surface area is 175 Å². The number of carbonyl (C=O) groups is 1. The highest BCUT2D eigenvalue weighted by Gasteiger charge is 2.17. The number of benzene rings is 3. The molecule has 0 radical (unpaired) electrons. The van der Waals surface area contributed by atoms with Crippen LogP contribution in [-0.2, 0) is 4.79 Å². The molecule has 1 aliphatic heterocycles. The molecular formula is C24H23NO3S. The van der Waals surface area contributed by atoms with Gasteiger partial charge in [-0.15, -0.1) is 11.8 Å². The van der Waals surface area contributed by atoms with Gasteiger partial charge in [-0.25, -0.2) is 0 Å². The molecule has 1 N–H and O–H groups in total. The van der Waals surface area contributed by atoms with E-state index in [0.717, 1.165) is 33.9 Å². The molecule has 4 rings (SSSR count). The van der Waals surface area contributed by atoms with Gasteiger partial charge in [-0.05, 0) is 29.3 Å². The number of thioether (sulfide) groups is 1. The average molecular weight is 406 g/mol. The van der Waals surface area contributed by atoms with Gasteiger partial charge in [0.1, 0.15) is 0 Å². The van der Waals surface area contributed by atoms with Gasteiger partial charge in [-0.3, -0.25) is 4.79 Å². The summed E-state index contributed by atoms with van der Waals surface area (Å²) in [7, 11) is 0. The quantitative estimate of drug-likeness (QED) is 0.596. The molecule has 0 atom stereocenters. The first-order valence-electron chi connectivity index (χ1n) is 9.71. The molecule has 0 fully saturated rings. The summed E-state index contributed by atoms with van der Waals surface area (Å²) in [6.07, 6.45) is 0.875. The minimum atomic E-state index is -0.172. The van der Waals surface area contributed by atoms with Crippen molar-refractivity contribution in [2.24, 2.45) is 0 Å². The third kappa shape index (κ3) is 5.12. The monoisotopic (exact) mass is 405 g/mol. The first-order valence-corrected chi connectivity index (χ1v) is 10.7. The molecule has 0 aliphatic carbocycles. The zero-order valence-electron chi connectivity index (χ0n) is 16.0. The van der Waals surface area contributed by atoms with Gasteiger partial charge in [-0.1, -0.05) is 60.7 Å². The first kappa shape index (κ1) is 19.4. The summed E-state index contributed by atoms with van der Waals surface area (Å²) in [6.45, 7) is 1.32. The molecule has 0 bridgehead atoms. The Morgan fingerprint density at radius 2 is 1.48 bits per heavy atom. The van der Waals surface area contributed by atoms with E-state index in [2.05, 4.69) is 5.32 Å². The number of ether oxygens (including phenoxy) is 2. The van der Waals surface area contributed by atoms with Crippen LogP contribution in [0.4, 0.5) is 0 Å². The van der Waals surface area contributed by atoms with Gasteiger partial charge in [0.05, 0.1) is 25.0 Å². The number of amides is 1. The van der Waals surface area contributed by atoms with Crippen LogP contribution in [0.2, 0.25) is 0 Å². The van der Waals surface area contributed by atoms with Gasteiger partial charge < -0.3 is 14.8 Å². The molecule has 1 amide bonds. The van der Waals surface area contributed by atoms with Crippen molar-refractivity contribution >= 4 is 17.7 Å². The van der Waals surface area contributed by atoms with Gasteiger partial charge in [0, 0.05) is 11.3 Å². The highest BCUT2D eigenvalue weighted by atomic mass is 32.2. The van der Waals surface area contributed by atoms with Gasteiger partial charge in [0.25, 0.3) is 0 Å². The number of hydrogen-bond acceptors (Lipinski definition) is 4. The van der Waals surface area contributed by atoms with E-state index in [4.69, 9.17) is 9.47 Å². The van der Waals surface area contributed by atoms with Gasteiger partial charge in [-0.2, -0.15) is 0 Å². The molecule has 3 aromatic rings. The summed E-state index contributed by atoms with van der Waals surface area (Å²) in [5, 5.41) is 3.18. The lowest BCUT2D eigenvalue weighted by molar-refractivity contribution is -0.119. The van der Waals surface area contributed by atoms with Crippen molar-refractivity contribution in [1.82, 2.24) is 5.32 Å². The summed E-state index contributed by atoms with van der Waals surface area (Å²) in [4.78, 5) is 13.7. The molecule has 0 saturated carbocycles. The van der Waals surface area contributed by atoms with Crippen molar-refractivity contribution in [3.63, 3.8) is 0 Å². The average Bonchev–Trinajstić information content (AvgIpc) is 3.02. The van der Waals surface area contributed by atoms with Crippen LogP contribution >= 0.6 is 11.8 Å². The summed E-state index contributed by atoms with van der Waals surface area (Å²) in [5.41, 5.74) is 2.13. The molecular weight excluding hydrogens is 382 g/mol. The lowest BCUT2D eigenvalue weighted by Crippen LogP contribution is -2.30. The summed E-state index contributed by atoms with van der Waals surface area (Å²) in [6, 6.07) is 25.7. The van der Waals surface area contributed by atoms with Gasteiger partial charge in [0.2, 0.25) is 5.91 Å². The molecule has 0 saturated heterocycles. The van der Waals surface area contributed by atoms with Crippen molar-refractivity contribution in [1.29, 1.82) is 0 Å². The second-order valence-corrected chi connectivity index (χ2v) is 7.82. The van der Waals surface area contributed by atoms with E-state index in [1.165, 1.54) is 11.8 Å². The normalized spacial score (nSPS) is 13.0. The van der Waals surface area contributed by atoms with E-state index in [-0.39, 0.29) is 11.9 Å². The van der Waals surface area contributed by atoms with E-state index in [1.54, 1.807) is 0 Å². The zero-order valence-corrected chi connectivity index (χ0v) is 16.9. The lowest BCUT2D eigenvalue weighted by Gasteiger charge is -2.20. The third-order valence-corrected chi connectivity index (χ3v) is 5.65. The molecule has 0 unspecified atom stereocenters. The largest absolute Gasteiger partial charge is 0.490 e. The predicted molar refractivity (Wildman–Crippen MR) is 116 cm³/mol. The fraction of sp³-hybridized carbons (Fsp3) is 0.208. The Hall–Kier alpha value is -2.92. The van der Waals surface area contributed by atoms with Crippen molar-refractivity contribution in [3.8, 4) is 11.5 Å². The van der Waals surface area contributed by atoms with Crippen LogP contribution in [0.1, 0.15) is 23.6 Å². The second kappa shape index (κ2) is 9.52. The topological polar surface area (TPSA) is 47.6 Å². The van der Waals surface area contributed by atoms with Crippen molar-refractivity contribution < 1.29 is 14.3 Å². The summed E-state index contributed by atoms with van der Waals surface area (Å²) in [5.74, 6) is 1.83. The highest BCUT2D eigenvalue weighted by Crippen LogP contribution is 2.34. The SMILES string of the molecule is O=C(CSc1ccc2c(c1)OCCCO2)NC(c1ccccc1)c1ccccc1. The molecule has 4 nitrogen and oxygen atoms in total. The van der Waals surface area contributed by atoms with Crippen LogP contribution in [0.3, 0.4) is 0 Å². The molecule has 0 spiro atoms. The van der Waals surface area contributed by atoms with Crippen LogP contribution < -0.4 is 14.8 Å². The van der Waals surface area contributed by atoms with E-state index in [9.17, 15) is 4.79 Å². The molecule has 148 valence electrons. The fourth-order valence-electron chi connectivity index (χ4n) is 3.24. The number of rotatable bonds is 6. The molecule has 0 aromatic heterocycles. The number of carbonyl (C=O) groups excluding carboxylic acids is 1. The van der Waals surface area contributed by atoms with Crippen molar-refractivity contribution in [2.45, 2.75) is 17.4 Å². The zero-order chi connectivity index (χ0) is 19.9. The lowest BCUT2D eigenvalue weighted by atomic mass is 9.99. The molecule has 29 heavy (non-hydrogen) atoms. The number of nitrogens with one attached hydrogen (secondary N) is 1. The Morgan fingerprint density at radius 1 is 0.862 bits per heavy atom. The summed E-state index contributed by atoms with van der Waals surface area (Å²) >= 11 is 1.49. The Bertz CT molecular complexity index is 907. The molecule has 3 aromatic carbocycles. The minimum absolute atomic E-state index is 0.0141. The van der Waals surface area contributed by atoms with Crippen LogP contribution in [-0.4, -0.2) is 24.9 Å². The maximum absolute atomic E-state index is 12.7. The Kier molecular flexibility index (Phi) is 6.37. The van der Waals surface area contributed by atoms with E-state index < -0.39 is 0 Å². The highest BCUT2D eigenvalue weighted by molar-refractivity contribution is 8.00. The van der Waals surface area contributed by atoms with Gasteiger partial charge >= 0.3 is 0 Å². The number of hydrogen-bond donors (Lipinski definition) is 1. The van der Waals surface area contributed by atoms with Crippen molar-refractivity contribution in [3.05, 3.63) is 90.0 Å². The van der Waals surface area contributed by atoms with Gasteiger partial charge in [0.15, 0.2) is 11.5 Å². The van der Waals surface area contributed by atoms with E-state index >= 15 is 0 Å². The predicted octanol–water partition coefficient (Wildman–Crippen LogP) is 4.85. The van der Waals surface area contributed by atoms with E-state index in [1.807, 2.05) is 78.9 Å². The standard InChI is InChI=1S/C24H23NO3S/c26-23(17-29-20-12-13-21-22(16-20)28-15-7-14-27-21)25-24(18-8-3-1-4-9-18)19-10-5-2-6-11-19/h1-6,8-13,16,24H,7,14-15,17H2,(H,25,26). The molecule has 5 heteroatoms. The Morgan fingerprint density at radius 3 is 2.14 bits per heavy atom. The van der Waals surface area contributed by atoms with E-state index in [0.29, 0.717) is 19.0 Å². The maximum Gasteiger partial charge on any atom is 0.231 e. The van der Waals surface area contributed by atoms with Crippen LogP contribution in [0.15, 0.2) is 83.8 Å². The fourth-order valence-corrected chi connectivity index (χ4v) is 3.97. The maximum atomic E-state index is 12.7. The first-order chi connectivity index (χ1) is 14.3. The smallest absolute Gasteiger partial charge is 0.231 e. The minimum Gasteiger partial charge on any atom is -0.490 e. The van der Waals surface area contributed by atoms with Crippen LogP contribution in [0.25, 0.3) is 0 Å². The van der Waals surface area contributed by atoms with Crippen LogP contribution in [0.5, 0.6) is 11.5 Å². The number of fused-ring (bicyclic) bond motifs is 1. The third-order valence-electron chi connectivity index (χ3n) is 4.66. The molecule has 1 heterocycles. The van der Waals surface area contributed by atoms with Crippen LogP contribution in [0, 0.1) is 0 Å². The summed E-state index contributed by atoms with van der Waals surface area (Å²) < 4.78 is 11.4. The van der Waals surface area contributed by atoms with Crippen molar-refractivity contribution in [2.75, 3.05) is 19.0 Å². The Balaban J connectivity index is 1.43. The molecule has 1 aliphatic rings. The second-order valence-electron chi connectivity index (χ2n) is 6.77.